The van der Waals surface area contributed by atoms with Crippen LogP contribution in [0.25, 0.3) is 0 Å². The van der Waals surface area contributed by atoms with E-state index < -0.39 is 18.0 Å². The lowest BCUT2D eigenvalue weighted by Crippen LogP contribution is -2.20. The second-order valence-corrected chi connectivity index (χ2v) is 8.76. The van der Waals surface area contributed by atoms with Gasteiger partial charge in [-0.3, -0.25) is 4.79 Å². The molecule has 4 heteroatoms. The van der Waals surface area contributed by atoms with Crippen molar-refractivity contribution in [2.45, 2.75) is 52.1 Å². The van der Waals surface area contributed by atoms with E-state index in [0.717, 1.165) is 11.1 Å². The van der Waals surface area contributed by atoms with Crippen LogP contribution in [0.3, 0.4) is 0 Å². The summed E-state index contributed by atoms with van der Waals surface area (Å²) in [6.45, 7) is 8.24. The number of rotatable bonds is 6. The molecule has 4 nitrogen and oxygen atoms in total. The van der Waals surface area contributed by atoms with Gasteiger partial charge in [0.15, 0.2) is 17.6 Å². The lowest BCUT2D eigenvalue weighted by Gasteiger charge is -2.19. The van der Waals surface area contributed by atoms with Gasteiger partial charge < -0.3 is 9.84 Å². The minimum atomic E-state index is -0.804. The summed E-state index contributed by atoms with van der Waals surface area (Å²) < 4.78 is 5.28. The van der Waals surface area contributed by atoms with Crippen LogP contribution in [0.5, 0.6) is 0 Å². The minimum absolute atomic E-state index is 0.0674. The Morgan fingerprint density at radius 2 is 1.66 bits per heavy atom. The Bertz CT molecular complexity index is 918. The maximum Gasteiger partial charge on any atom is 0.346 e. The van der Waals surface area contributed by atoms with Crippen LogP contribution in [0.2, 0.25) is 0 Å². The van der Waals surface area contributed by atoms with Crippen molar-refractivity contribution in [1.29, 1.82) is 0 Å². The molecule has 0 aromatic heterocycles. The molecule has 0 spiro atoms. The molecule has 0 saturated carbocycles. The van der Waals surface area contributed by atoms with E-state index in [-0.39, 0.29) is 22.5 Å². The van der Waals surface area contributed by atoms with E-state index >= 15 is 0 Å². The monoisotopic (exact) mass is 392 g/mol. The van der Waals surface area contributed by atoms with Gasteiger partial charge in [-0.1, -0.05) is 82.3 Å². The van der Waals surface area contributed by atoms with Crippen LogP contribution in [-0.4, -0.2) is 23.0 Å². The number of benzene rings is 2. The number of cyclic esters (lactones) is 1. The Labute approximate surface area is 172 Å². The highest BCUT2D eigenvalue weighted by Gasteiger charge is 2.39. The summed E-state index contributed by atoms with van der Waals surface area (Å²) in [5.74, 6) is -1.79. The van der Waals surface area contributed by atoms with E-state index in [1.165, 1.54) is 5.56 Å². The van der Waals surface area contributed by atoms with Crippen LogP contribution >= 0.6 is 0 Å². The van der Waals surface area contributed by atoms with Crippen molar-refractivity contribution < 1.29 is 19.4 Å². The first kappa shape index (κ1) is 20.8. The van der Waals surface area contributed by atoms with E-state index in [2.05, 4.69) is 32.9 Å². The van der Waals surface area contributed by atoms with Gasteiger partial charge in [0.2, 0.25) is 0 Å². The van der Waals surface area contributed by atoms with Gasteiger partial charge in [-0.15, -0.1) is 0 Å². The molecule has 0 amide bonds. The number of aliphatic hydroxyl groups excluding tert-OH is 1. The summed E-state index contributed by atoms with van der Waals surface area (Å²) in [5, 5.41) is 10.5. The van der Waals surface area contributed by atoms with E-state index in [1.807, 2.05) is 42.5 Å². The van der Waals surface area contributed by atoms with Gasteiger partial charge in [0.1, 0.15) is 5.57 Å². The second-order valence-electron chi connectivity index (χ2n) is 8.76. The third kappa shape index (κ3) is 4.76. The van der Waals surface area contributed by atoms with Crippen molar-refractivity contribution in [3.8, 4) is 0 Å². The lowest BCUT2D eigenvalue weighted by molar-refractivity contribution is -0.141. The first-order valence-electron chi connectivity index (χ1n) is 9.98. The molecule has 0 fully saturated rings. The SMILES string of the molecule is C[C@@H](Cc1ccc(C(C)(C)C)cc1)C(=O)C1=C(O)[C@H](Cc2ccccc2)OC1=O. The second kappa shape index (κ2) is 8.24. The number of esters is 1. The van der Waals surface area contributed by atoms with Crippen LogP contribution in [0.1, 0.15) is 44.4 Å². The molecular weight excluding hydrogens is 364 g/mol. The summed E-state index contributed by atoms with van der Waals surface area (Å²) >= 11 is 0. The zero-order valence-electron chi connectivity index (χ0n) is 17.4. The highest BCUT2D eigenvalue weighted by atomic mass is 16.6. The smallest absolute Gasteiger partial charge is 0.346 e. The Balaban J connectivity index is 1.71. The van der Waals surface area contributed by atoms with Gasteiger partial charge in [0.05, 0.1) is 0 Å². The quantitative estimate of drug-likeness (QED) is 0.571. The van der Waals surface area contributed by atoms with Crippen LogP contribution in [0.15, 0.2) is 65.9 Å². The molecule has 0 saturated heterocycles. The number of carbonyl (C=O) groups excluding carboxylic acids is 2. The topological polar surface area (TPSA) is 63.6 Å². The maximum atomic E-state index is 12.9. The zero-order valence-corrected chi connectivity index (χ0v) is 17.4. The third-order valence-electron chi connectivity index (χ3n) is 5.33. The van der Waals surface area contributed by atoms with E-state index in [0.29, 0.717) is 12.8 Å². The van der Waals surface area contributed by atoms with Gasteiger partial charge >= 0.3 is 5.97 Å². The largest absolute Gasteiger partial charge is 0.507 e. The van der Waals surface area contributed by atoms with E-state index in [1.54, 1.807) is 6.92 Å². The molecule has 1 aliphatic heterocycles. The average molecular weight is 392 g/mol. The summed E-state index contributed by atoms with van der Waals surface area (Å²) in [5.41, 5.74) is 3.04. The first-order chi connectivity index (χ1) is 13.7. The van der Waals surface area contributed by atoms with Crippen molar-refractivity contribution in [3.05, 3.63) is 82.6 Å². The molecule has 2 aromatic rings. The summed E-state index contributed by atoms with van der Waals surface area (Å²) in [4.78, 5) is 25.2. The lowest BCUT2D eigenvalue weighted by atomic mass is 9.85. The molecule has 0 aliphatic carbocycles. The van der Waals surface area contributed by atoms with Crippen molar-refractivity contribution >= 4 is 11.8 Å². The highest BCUT2D eigenvalue weighted by Crippen LogP contribution is 2.28. The van der Waals surface area contributed by atoms with Crippen molar-refractivity contribution in [2.24, 2.45) is 5.92 Å². The fourth-order valence-electron chi connectivity index (χ4n) is 3.54. The summed E-state index contributed by atoms with van der Waals surface area (Å²) in [6, 6.07) is 17.6. The van der Waals surface area contributed by atoms with Gasteiger partial charge in [-0.25, -0.2) is 4.79 Å². The van der Waals surface area contributed by atoms with Crippen LogP contribution in [0, 0.1) is 5.92 Å². The predicted octanol–water partition coefficient (Wildman–Crippen LogP) is 4.71. The Kier molecular flexibility index (Phi) is 5.92. The van der Waals surface area contributed by atoms with Gasteiger partial charge in [-0.05, 0) is 28.5 Å². The molecule has 0 unspecified atom stereocenters. The average Bonchev–Trinajstić information content (AvgIpc) is 2.95. The molecule has 0 radical (unpaired) electrons. The van der Waals surface area contributed by atoms with Crippen molar-refractivity contribution in [2.75, 3.05) is 0 Å². The molecule has 0 bridgehead atoms. The molecule has 1 N–H and O–H groups in total. The van der Waals surface area contributed by atoms with Gasteiger partial charge in [0.25, 0.3) is 0 Å². The Morgan fingerprint density at radius 1 is 1.03 bits per heavy atom. The van der Waals surface area contributed by atoms with Crippen molar-refractivity contribution in [3.63, 3.8) is 0 Å². The first-order valence-corrected chi connectivity index (χ1v) is 9.98. The number of ether oxygens (including phenoxy) is 1. The number of aliphatic hydroxyl groups is 1. The zero-order chi connectivity index (χ0) is 21.2. The molecular formula is C25H28O4. The number of hydrogen-bond acceptors (Lipinski definition) is 4. The predicted molar refractivity (Wildman–Crippen MR) is 113 cm³/mol. The minimum Gasteiger partial charge on any atom is -0.507 e. The summed E-state index contributed by atoms with van der Waals surface area (Å²) in [6.07, 6.45) is 0.0382. The van der Waals surface area contributed by atoms with Gasteiger partial charge in [-0.2, -0.15) is 0 Å². The van der Waals surface area contributed by atoms with Crippen LogP contribution < -0.4 is 0 Å². The van der Waals surface area contributed by atoms with E-state index in [4.69, 9.17) is 4.74 Å². The van der Waals surface area contributed by atoms with Gasteiger partial charge in [0, 0.05) is 12.3 Å². The maximum absolute atomic E-state index is 12.9. The molecule has 1 aliphatic rings. The van der Waals surface area contributed by atoms with Crippen LogP contribution in [-0.2, 0) is 32.6 Å². The molecule has 3 rings (SSSR count). The third-order valence-corrected chi connectivity index (χ3v) is 5.33. The molecule has 2 aromatic carbocycles. The number of Topliss-reactive ketones (excluding diaryl/α,β-unsaturated/α-hetero) is 1. The fourth-order valence-corrected chi connectivity index (χ4v) is 3.54. The Morgan fingerprint density at radius 3 is 2.24 bits per heavy atom. The molecule has 152 valence electrons. The summed E-state index contributed by atoms with van der Waals surface area (Å²) in [7, 11) is 0. The molecule has 2 atom stereocenters. The molecule has 1 heterocycles. The standard InChI is InChI=1S/C25H28O4/c1-16(14-18-10-12-19(13-11-18)25(2,3)4)22(26)21-23(27)20(29-24(21)28)15-17-8-6-5-7-9-17/h5-13,16,20,27H,14-15H2,1-4H3/t16-,20-/m0/s1. The number of carbonyl (C=O) groups is 2. The van der Waals surface area contributed by atoms with Crippen LogP contribution in [0.4, 0.5) is 0 Å². The number of hydrogen-bond donors (Lipinski definition) is 1. The van der Waals surface area contributed by atoms with Crippen molar-refractivity contribution in [1.82, 2.24) is 0 Å². The number of ketones is 1. The highest BCUT2D eigenvalue weighted by molar-refractivity contribution is 6.19. The Hall–Kier alpha value is -2.88. The normalized spacial score (nSPS) is 17.9. The molecule has 29 heavy (non-hydrogen) atoms. The van der Waals surface area contributed by atoms with E-state index in [9.17, 15) is 14.7 Å². The fraction of sp³-hybridized carbons (Fsp3) is 0.360.